The molecule has 1 aromatic carbocycles. The predicted octanol–water partition coefficient (Wildman–Crippen LogP) is 1.74. The first-order chi connectivity index (χ1) is 18.8. The number of amides is 1. The van der Waals surface area contributed by atoms with Gasteiger partial charge in [-0.25, -0.2) is 24.0 Å². The van der Waals surface area contributed by atoms with Gasteiger partial charge < -0.3 is 35.4 Å². The number of aliphatic carboxylic acids is 4. The first-order valence-electron chi connectivity index (χ1n) is 11.5. The zero-order valence-electron chi connectivity index (χ0n) is 21.5. The molecule has 218 valence electrons. The number of carbonyl (C=O) groups is 6. The molecule has 2 heterocycles. The van der Waals surface area contributed by atoms with Crippen LogP contribution in [0.5, 0.6) is 0 Å². The maximum atomic E-state index is 12.6. The van der Waals surface area contributed by atoms with E-state index in [9.17, 15) is 9.59 Å². The lowest BCUT2D eigenvalue weighted by molar-refractivity contribution is -0.159. The summed E-state index contributed by atoms with van der Waals surface area (Å²) in [5, 5.41) is 32.9. The smallest absolute Gasteiger partial charge is 0.414 e. The van der Waals surface area contributed by atoms with Gasteiger partial charge in [-0.3, -0.25) is 9.69 Å². The van der Waals surface area contributed by atoms with Gasteiger partial charge in [0.1, 0.15) is 14.9 Å². The highest BCUT2D eigenvalue weighted by atomic mass is 35.5. The van der Waals surface area contributed by atoms with Crippen LogP contribution in [0, 0.1) is 0 Å². The number of piperazine rings is 1. The van der Waals surface area contributed by atoms with Gasteiger partial charge in [-0.2, -0.15) is 0 Å². The average molecular weight is 602 g/mol. The number of ether oxygens (including phenoxy) is 1. The summed E-state index contributed by atoms with van der Waals surface area (Å²) in [5.74, 6) is -7.94. The summed E-state index contributed by atoms with van der Waals surface area (Å²) in [5.41, 5.74) is 1.72. The lowest BCUT2D eigenvalue weighted by Crippen LogP contribution is -2.47. The summed E-state index contributed by atoms with van der Waals surface area (Å²) in [6, 6.07) is 9.42. The number of carbonyl (C=O) groups excluding carboxylic acids is 2. The van der Waals surface area contributed by atoms with Gasteiger partial charge in [0, 0.05) is 31.7 Å². The van der Waals surface area contributed by atoms with Crippen molar-refractivity contribution in [3.05, 3.63) is 40.2 Å². The van der Waals surface area contributed by atoms with E-state index in [1.807, 2.05) is 30.3 Å². The number of nitrogens with one attached hydrogen (secondary N) is 1. The fourth-order valence-corrected chi connectivity index (χ4v) is 4.52. The molecule has 0 atom stereocenters. The van der Waals surface area contributed by atoms with Gasteiger partial charge in [-0.05, 0) is 19.5 Å². The Morgan fingerprint density at radius 2 is 1.40 bits per heavy atom. The molecule has 14 nitrogen and oxygen atoms in total. The van der Waals surface area contributed by atoms with Gasteiger partial charge in [0.25, 0.3) is 0 Å². The van der Waals surface area contributed by atoms with Gasteiger partial charge in [-0.1, -0.05) is 41.9 Å². The fourth-order valence-electron chi connectivity index (χ4n) is 3.13. The van der Waals surface area contributed by atoms with E-state index in [2.05, 4.69) is 22.2 Å². The first kappa shape index (κ1) is 34.0. The molecule has 3 rings (SSSR count). The average Bonchev–Trinajstić information content (AvgIpc) is 3.22. The van der Waals surface area contributed by atoms with Crippen LogP contribution in [0.2, 0.25) is 4.34 Å². The molecule has 40 heavy (non-hydrogen) atoms. The molecular formula is C24H28ClN3O11S. The number of hydrogen-bond acceptors (Lipinski definition) is 10. The van der Waals surface area contributed by atoms with E-state index in [-0.39, 0.29) is 19.1 Å². The molecule has 5 N–H and O–H groups in total. The Hall–Kier alpha value is -4.05. The summed E-state index contributed by atoms with van der Waals surface area (Å²) >= 11 is 7.65. The number of likely N-dealkylation sites (N-methyl/N-ethyl adjacent to an activating group) is 1. The van der Waals surface area contributed by atoms with Crippen LogP contribution < -0.4 is 5.32 Å². The Labute approximate surface area is 237 Å². The molecule has 1 saturated heterocycles. The molecule has 1 amide bonds. The largest absolute Gasteiger partial charge is 0.473 e. The highest BCUT2D eigenvalue weighted by molar-refractivity contribution is 7.21. The number of nitrogens with zero attached hydrogens (tertiary/aromatic N) is 2. The molecule has 1 aromatic heterocycles. The Kier molecular flexibility index (Phi) is 14.3. The Balaban J connectivity index is 0.000000559. The highest BCUT2D eigenvalue weighted by Gasteiger charge is 2.27. The lowest BCUT2D eigenvalue weighted by Gasteiger charge is -2.31. The zero-order valence-corrected chi connectivity index (χ0v) is 23.0. The Morgan fingerprint density at radius 1 is 0.900 bits per heavy atom. The first-order valence-corrected chi connectivity index (χ1v) is 12.7. The topological polar surface area (TPSA) is 211 Å². The van der Waals surface area contributed by atoms with E-state index in [1.165, 1.54) is 11.3 Å². The summed E-state index contributed by atoms with van der Waals surface area (Å²) in [6.07, 6.45) is 0. The van der Waals surface area contributed by atoms with Crippen molar-refractivity contribution in [1.82, 2.24) is 9.80 Å². The van der Waals surface area contributed by atoms with Crippen molar-refractivity contribution in [1.29, 1.82) is 0 Å². The van der Waals surface area contributed by atoms with Crippen LogP contribution in [-0.4, -0.2) is 112 Å². The van der Waals surface area contributed by atoms with Crippen LogP contribution in [0.3, 0.4) is 0 Å². The summed E-state index contributed by atoms with van der Waals surface area (Å²) in [7, 11) is 2.07. The predicted molar refractivity (Wildman–Crippen MR) is 144 cm³/mol. The molecule has 0 saturated carbocycles. The van der Waals surface area contributed by atoms with Crippen molar-refractivity contribution in [2.45, 2.75) is 6.92 Å². The van der Waals surface area contributed by atoms with E-state index in [0.717, 1.165) is 31.7 Å². The molecule has 2 aromatic rings. The van der Waals surface area contributed by atoms with Crippen molar-refractivity contribution in [2.24, 2.45) is 0 Å². The summed E-state index contributed by atoms with van der Waals surface area (Å²) < 4.78 is 5.68. The minimum absolute atomic E-state index is 0.160. The van der Waals surface area contributed by atoms with Crippen LogP contribution in [0.15, 0.2) is 30.3 Å². The molecular weight excluding hydrogens is 574 g/mol. The number of thiophene rings is 1. The molecule has 0 bridgehead atoms. The fraction of sp³-hybridized carbons (Fsp3) is 0.333. The second-order valence-electron chi connectivity index (χ2n) is 7.89. The van der Waals surface area contributed by atoms with Crippen LogP contribution in [0.1, 0.15) is 17.3 Å². The second-order valence-corrected chi connectivity index (χ2v) is 9.51. The number of halogens is 1. The van der Waals surface area contributed by atoms with Crippen LogP contribution in [-0.2, 0) is 28.7 Å². The van der Waals surface area contributed by atoms with E-state index in [1.54, 1.807) is 6.92 Å². The maximum Gasteiger partial charge on any atom is 0.414 e. The minimum atomic E-state index is -1.82. The maximum absolute atomic E-state index is 12.6. The summed E-state index contributed by atoms with van der Waals surface area (Å²) in [6.45, 7) is 5.83. The molecule has 16 heteroatoms. The molecule has 1 aliphatic rings. The number of anilines is 1. The molecule has 1 aliphatic heterocycles. The number of benzene rings is 1. The van der Waals surface area contributed by atoms with Crippen molar-refractivity contribution in [3.8, 4) is 11.1 Å². The Bertz CT molecular complexity index is 1160. The quantitative estimate of drug-likeness (QED) is 0.236. The number of carboxylic acids is 4. The normalized spacial score (nSPS) is 13.0. The molecule has 0 unspecified atom stereocenters. The van der Waals surface area contributed by atoms with Gasteiger partial charge in [0.05, 0.1) is 13.2 Å². The van der Waals surface area contributed by atoms with E-state index >= 15 is 0 Å². The van der Waals surface area contributed by atoms with Crippen LogP contribution >= 0.6 is 22.9 Å². The Morgan fingerprint density at radius 3 is 1.85 bits per heavy atom. The zero-order chi connectivity index (χ0) is 30.4. The van der Waals surface area contributed by atoms with Crippen LogP contribution in [0.25, 0.3) is 11.1 Å². The second kappa shape index (κ2) is 16.8. The number of carboxylic acid groups (broad SMARTS) is 4. The number of esters is 1. The van der Waals surface area contributed by atoms with Crippen molar-refractivity contribution < 1.29 is 53.9 Å². The molecule has 1 fully saturated rings. The van der Waals surface area contributed by atoms with Crippen LogP contribution in [0.4, 0.5) is 5.00 Å². The van der Waals surface area contributed by atoms with E-state index < -0.39 is 29.8 Å². The third kappa shape index (κ3) is 11.4. The standard InChI is InChI=1S/C20H24ClN3O3S.2C2H2O4/c1-3-27-20(26)17-16(14-7-5-4-6-8-14)18(21)28-19(17)22-15(25)13-24-11-9-23(2)10-12-24;2*3-1(4)2(5)6/h4-8H,3,9-13H2,1-2H3,(H,22,25);2*(H,3,4)(H,5,6). The molecule has 0 radical (unpaired) electrons. The van der Waals surface area contributed by atoms with E-state index in [0.29, 0.717) is 20.5 Å². The third-order valence-electron chi connectivity index (χ3n) is 4.99. The number of hydrogen-bond donors (Lipinski definition) is 5. The van der Waals surface area contributed by atoms with Crippen molar-refractivity contribution in [2.75, 3.05) is 51.7 Å². The van der Waals surface area contributed by atoms with Crippen molar-refractivity contribution >= 4 is 63.7 Å². The molecule has 0 aliphatic carbocycles. The monoisotopic (exact) mass is 601 g/mol. The minimum Gasteiger partial charge on any atom is -0.473 e. The van der Waals surface area contributed by atoms with Gasteiger partial charge in [0.2, 0.25) is 5.91 Å². The highest BCUT2D eigenvalue weighted by Crippen LogP contribution is 2.43. The van der Waals surface area contributed by atoms with Gasteiger partial charge >= 0.3 is 29.8 Å². The van der Waals surface area contributed by atoms with E-state index in [4.69, 9.17) is 55.9 Å². The number of rotatable bonds is 6. The lowest BCUT2D eigenvalue weighted by atomic mass is 10.0. The SMILES string of the molecule is CCOC(=O)c1c(NC(=O)CN2CCN(C)CC2)sc(Cl)c1-c1ccccc1.O=C(O)C(=O)O.O=C(O)C(=O)O. The van der Waals surface area contributed by atoms with Gasteiger partial charge in [-0.15, -0.1) is 11.3 Å². The summed E-state index contributed by atoms with van der Waals surface area (Å²) in [4.78, 5) is 66.0. The molecule has 0 spiro atoms. The van der Waals surface area contributed by atoms with Gasteiger partial charge in [0.15, 0.2) is 0 Å². The third-order valence-corrected chi connectivity index (χ3v) is 6.30. The van der Waals surface area contributed by atoms with Crippen molar-refractivity contribution in [3.63, 3.8) is 0 Å².